The molecule has 0 atom stereocenters. The average Bonchev–Trinajstić information content (AvgIpc) is 3.64. The molecule has 0 radical (unpaired) electrons. The van der Waals surface area contributed by atoms with Gasteiger partial charge in [-0.15, -0.1) is 0 Å². The number of rotatable bonds is 48. The molecule has 5 rings (SSSR count). The molecule has 1 aliphatic carbocycles. The van der Waals surface area contributed by atoms with E-state index >= 15 is 0 Å². The minimum absolute atomic E-state index is 0.159. The van der Waals surface area contributed by atoms with E-state index in [1.54, 1.807) is 12.1 Å². The van der Waals surface area contributed by atoms with Gasteiger partial charge in [0.1, 0.15) is 11.5 Å². The topological polar surface area (TPSA) is 105 Å². The van der Waals surface area contributed by atoms with Crippen molar-refractivity contribution in [3.8, 4) is 11.5 Å². The first-order valence-electron chi connectivity index (χ1n) is 32.2. The van der Waals surface area contributed by atoms with Crippen LogP contribution in [0.4, 0.5) is 11.4 Å². The number of hydrogen-bond acceptors (Lipinski definition) is 8. The third-order valence-corrected chi connectivity index (χ3v) is 18.2. The molecule has 0 amide bonds. The minimum Gasteiger partial charge on any atom is -0.494 e. The molecule has 0 saturated carbocycles. The van der Waals surface area contributed by atoms with Crippen molar-refractivity contribution in [3.05, 3.63) is 95.1 Å². The van der Waals surface area contributed by atoms with Crippen molar-refractivity contribution in [3.63, 3.8) is 0 Å². The largest absolute Gasteiger partial charge is 0.494 e. The van der Waals surface area contributed by atoms with E-state index in [0.29, 0.717) is 56.6 Å². The molecular weight excluding hydrogens is 997 g/mol. The Labute approximate surface area is 484 Å². The highest BCUT2D eigenvalue weighted by molar-refractivity contribution is 8.00. The molecule has 4 aromatic carbocycles. The highest BCUT2D eigenvalue weighted by Crippen LogP contribution is 2.44. The summed E-state index contributed by atoms with van der Waals surface area (Å²) in [7, 11) is 0. The fourth-order valence-corrected chi connectivity index (χ4v) is 13.1. The van der Waals surface area contributed by atoms with Crippen LogP contribution < -0.4 is 20.9 Å². The van der Waals surface area contributed by atoms with Crippen molar-refractivity contribution in [2.24, 2.45) is 0 Å². The fraction of sp³-hybridized carbons (Fsp3) is 0.629. The quantitative estimate of drug-likeness (QED) is 0.0293. The number of anilines is 2. The average molecular weight is 1100 g/mol. The maximum Gasteiger partial charge on any atom is 0.196 e. The Bertz CT molecular complexity index is 2110. The smallest absolute Gasteiger partial charge is 0.196 e. The zero-order valence-electron chi connectivity index (χ0n) is 49.2. The monoisotopic (exact) mass is 1100 g/mol. The van der Waals surface area contributed by atoms with Crippen molar-refractivity contribution in [1.82, 2.24) is 0 Å². The number of nitrogens with two attached hydrogens (primary N) is 2. The first kappa shape index (κ1) is 64.9. The van der Waals surface area contributed by atoms with E-state index in [-0.39, 0.29) is 11.6 Å². The van der Waals surface area contributed by atoms with Gasteiger partial charge < -0.3 is 20.9 Å². The SMILES string of the molecule is CCCCCCCCCCCCCCCCCCCCCCOc1ccc(Sc2cccc3c2C(=O)c2c(Sc4ccc(OCCCCCCCCCCCCCCCCCCCCCC)cc4N)cccc2C3=O)c(N)c1. The predicted octanol–water partition coefficient (Wildman–Crippen LogP) is 22.3. The number of carbonyl (C=O) groups is 2. The molecule has 78 heavy (non-hydrogen) atoms. The molecule has 0 spiro atoms. The van der Waals surface area contributed by atoms with Gasteiger partial charge in [-0.2, -0.15) is 0 Å². The van der Waals surface area contributed by atoms with Crippen molar-refractivity contribution in [2.45, 2.75) is 290 Å². The third-order valence-electron chi connectivity index (χ3n) is 15.9. The second-order valence-corrected chi connectivity index (χ2v) is 24.9. The van der Waals surface area contributed by atoms with Crippen LogP contribution in [-0.2, 0) is 0 Å². The molecule has 4 N–H and O–H groups in total. The number of carbonyl (C=O) groups excluding carboxylic acids is 2. The highest BCUT2D eigenvalue weighted by Gasteiger charge is 2.34. The van der Waals surface area contributed by atoms with Crippen LogP contribution in [0.3, 0.4) is 0 Å². The summed E-state index contributed by atoms with van der Waals surface area (Å²) in [5.74, 6) is 1.16. The third kappa shape index (κ3) is 25.3. The van der Waals surface area contributed by atoms with Crippen LogP contribution in [0.15, 0.2) is 92.4 Å². The van der Waals surface area contributed by atoms with Gasteiger partial charge in [0.15, 0.2) is 11.6 Å². The van der Waals surface area contributed by atoms with E-state index in [0.717, 1.165) is 34.1 Å². The van der Waals surface area contributed by atoms with Crippen LogP contribution in [0.2, 0.25) is 0 Å². The molecule has 8 heteroatoms. The molecule has 0 aromatic heterocycles. The summed E-state index contributed by atoms with van der Waals surface area (Å²) in [4.78, 5) is 31.7. The molecule has 0 fully saturated rings. The Hall–Kier alpha value is -3.88. The number of ketones is 2. The lowest BCUT2D eigenvalue weighted by molar-refractivity contribution is 0.0974. The van der Waals surface area contributed by atoms with Crippen LogP contribution in [0.5, 0.6) is 11.5 Å². The number of hydrogen-bond donors (Lipinski definition) is 2. The molecule has 0 saturated heterocycles. The Balaban J connectivity index is 0.942. The summed E-state index contributed by atoms with van der Waals surface area (Å²) in [6.07, 6.45) is 54.6. The number of ether oxygens (including phenoxy) is 2. The van der Waals surface area contributed by atoms with E-state index < -0.39 is 0 Å². The van der Waals surface area contributed by atoms with E-state index in [4.69, 9.17) is 20.9 Å². The Kier molecular flexibility index (Phi) is 34.3. The van der Waals surface area contributed by atoms with Crippen LogP contribution >= 0.6 is 23.5 Å². The van der Waals surface area contributed by atoms with E-state index in [1.165, 1.54) is 268 Å². The molecule has 0 bridgehead atoms. The Morgan fingerprint density at radius 2 is 0.590 bits per heavy atom. The van der Waals surface area contributed by atoms with E-state index in [9.17, 15) is 9.59 Å². The number of fused-ring (bicyclic) bond motifs is 2. The van der Waals surface area contributed by atoms with Crippen molar-refractivity contribution in [2.75, 3.05) is 24.7 Å². The molecular formula is C70H106N2O4S2. The lowest BCUT2D eigenvalue weighted by Crippen LogP contribution is -2.22. The van der Waals surface area contributed by atoms with Crippen LogP contribution in [0.1, 0.15) is 303 Å². The van der Waals surface area contributed by atoms with E-state index in [2.05, 4.69) is 13.8 Å². The summed E-state index contributed by atoms with van der Waals surface area (Å²) in [6.45, 7) is 5.91. The van der Waals surface area contributed by atoms with Crippen molar-refractivity contribution in [1.29, 1.82) is 0 Å². The van der Waals surface area contributed by atoms with Gasteiger partial charge in [0, 0.05) is 65.3 Å². The maximum atomic E-state index is 14.6. The van der Waals surface area contributed by atoms with Crippen molar-refractivity contribution >= 4 is 46.5 Å². The summed E-state index contributed by atoms with van der Waals surface area (Å²) in [5.41, 5.74) is 16.0. The second-order valence-electron chi connectivity index (χ2n) is 22.8. The molecule has 0 heterocycles. The van der Waals surface area contributed by atoms with Crippen LogP contribution in [-0.4, -0.2) is 24.8 Å². The van der Waals surface area contributed by atoms with Crippen molar-refractivity contribution < 1.29 is 19.1 Å². The summed E-state index contributed by atoms with van der Waals surface area (Å²) < 4.78 is 12.3. The second kappa shape index (κ2) is 41.2. The lowest BCUT2D eigenvalue weighted by Gasteiger charge is -2.22. The molecule has 0 aliphatic heterocycles. The van der Waals surface area contributed by atoms with Gasteiger partial charge in [-0.25, -0.2) is 0 Å². The zero-order chi connectivity index (χ0) is 55.1. The molecule has 0 unspecified atom stereocenters. The number of unbranched alkanes of at least 4 members (excludes halogenated alkanes) is 38. The molecule has 6 nitrogen and oxygen atoms in total. The normalized spacial score (nSPS) is 12.1. The summed E-state index contributed by atoms with van der Waals surface area (Å²) >= 11 is 2.82. The summed E-state index contributed by atoms with van der Waals surface area (Å²) in [5, 5.41) is 0. The maximum absolute atomic E-state index is 14.6. The first-order chi connectivity index (χ1) is 38.4. The lowest BCUT2D eigenvalue weighted by atomic mass is 9.84. The zero-order valence-corrected chi connectivity index (χ0v) is 50.9. The van der Waals surface area contributed by atoms with Gasteiger partial charge in [0.25, 0.3) is 0 Å². The van der Waals surface area contributed by atoms with Gasteiger partial charge in [0.2, 0.25) is 0 Å². The molecule has 432 valence electrons. The Morgan fingerprint density at radius 1 is 0.321 bits per heavy atom. The molecule has 1 aliphatic rings. The van der Waals surface area contributed by atoms with Gasteiger partial charge in [0.05, 0.1) is 13.2 Å². The van der Waals surface area contributed by atoms with Crippen LogP contribution in [0, 0.1) is 0 Å². The minimum atomic E-state index is -0.174. The molecule has 4 aromatic rings. The van der Waals surface area contributed by atoms with Gasteiger partial charge in [-0.05, 0) is 49.2 Å². The summed E-state index contributed by atoms with van der Waals surface area (Å²) in [6, 6.07) is 22.5. The predicted molar refractivity (Wildman–Crippen MR) is 337 cm³/mol. The van der Waals surface area contributed by atoms with E-state index in [1.807, 2.05) is 60.7 Å². The van der Waals surface area contributed by atoms with Crippen LogP contribution in [0.25, 0.3) is 0 Å². The standard InChI is InChI=1S/C70H106N2O4S2/c1-3-5-7-9-11-13-15-17-19-21-23-25-27-29-31-33-35-37-39-41-53-75-57-49-51-63(61(71)55-57)77-65-47-43-45-59-67(65)70(74)68-60(69(59)73)46-44-48-66(68)78-64-52-50-58(56-62(64)72)76-54-42-40-38-36-34-32-30-28-26-24-22-20-18-16-14-12-10-8-6-4-2/h43-52,55-56H,3-42,53-54,71-72H2,1-2H3. The first-order valence-corrected chi connectivity index (χ1v) is 33.8. The highest BCUT2D eigenvalue weighted by atomic mass is 32.2. The number of benzene rings is 4. The van der Waals surface area contributed by atoms with Gasteiger partial charge in [-0.1, -0.05) is 306 Å². The van der Waals surface area contributed by atoms with Gasteiger partial charge in [-0.3, -0.25) is 9.59 Å². The Morgan fingerprint density at radius 3 is 0.859 bits per heavy atom. The fourth-order valence-electron chi connectivity index (χ4n) is 11.1. The number of nitrogen functional groups attached to an aromatic ring is 2. The van der Waals surface area contributed by atoms with Gasteiger partial charge >= 0.3 is 0 Å².